The monoisotopic (exact) mass is 292 g/mol. The average Bonchev–Trinajstić information content (AvgIpc) is 3.06. The summed E-state index contributed by atoms with van der Waals surface area (Å²) >= 11 is 0. The van der Waals surface area contributed by atoms with E-state index in [1.54, 1.807) is 0 Å². The molecule has 0 N–H and O–H groups in total. The van der Waals surface area contributed by atoms with E-state index >= 15 is 0 Å². The third kappa shape index (κ3) is 3.43. The van der Waals surface area contributed by atoms with Crippen LogP contribution in [0.4, 0.5) is 0 Å². The fourth-order valence-corrected chi connectivity index (χ4v) is 2.74. The molecule has 0 aromatic carbocycles. The summed E-state index contributed by atoms with van der Waals surface area (Å²) in [5, 5.41) is 8.23. The fourth-order valence-electron chi connectivity index (χ4n) is 2.74. The molecule has 116 valence electrons. The normalized spacial score (nSPS) is 22.2. The van der Waals surface area contributed by atoms with E-state index in [1.165, 1.54) is 19.3 Å². The molecule has 1 aromatic rings. The zero-order valence-corrected chi connectivity index (χ0v) is 12.9. The molecule has 1 fully saturated rings. The van der Waals surface area contributed by atoms with E-state index in [-0.39, 0.29) is 6.10 Å². The Hall–Kier alpha value is -1.43. The van der Waals surface area contributed by atoms with Crippen LogP contribution in [0.1, 0.15) is 63.6 Å². The molecule has 1 unspecified atom stereocenters. The maximum atomic E-state index is 5.48. The summed E-state index contributed by atoms with van der Waals surface area (Å²) < 4.78 is 5.38. The molecule has 3 rings (SSSR count). The molecule has 0 saturated heterocycles. The van der Waals surface area contributed by atoms with Crippen LogP contribution in [0.3, 0.4) is 0 Å². The largest absolute Gasteiger partial charge is 0.391 e. The third-order valence-corrected chi connectivity index (χ3v) is 4.41. The van der Waals surface area contributed by atoms with E-state index in [9.17, 15) is 0 Å². The second-order valence-corrected chi connectivity index (χ2v) is 5.95. The SMILES string of the molecule is CCC1=NOC(CN(CC)Cc2noc(C3CCC3)n2)C1. The molecule has 6 nitrogen and oxygen atoms in total. The number of rotatable bonds is 7. The van der Waals surface area contributed by atoms with Crippen LogP contribution in [0.15, 0.2) is 9.68 Å². The van der Waals surface area contributed by atoms with Gasteiger partial charge in [0.05, 0.1) is 12.3 Å². The van der Waals surface area contributed by atoms with E-state index < -0.39 is 0 Å². The summed E-state index contributed by atoms with van der Waals surface area (Å²) in [5.74, 6) is 2.11. The minimum absolute atomic E-state index is 0.165. The number of aromatic nitrogens is 2. The summed E-state index contributed by atoms with van der Waals surface area (Å²) in [5.41, 5.74) is 1.16. The highest BCUT2D eigenvalue weighted by atomic mass is 16.6. The molecular weight excluding hydrogens is 268 g/mol. The third-order valence-electron chi connectivity index (χ3n) is 4.41. The Kier molecular flexibility index (Phi) is 4.53. The second kappa shape index (κ2) is 6.56. The molecule has 2 aliphatic rings. The maximum Gasteiger partial charge on any atom is 0.229 e. The summed E-state index contributed by atoms with van der Waals surface area (Å²) in [6.07, 6.45) is 5.73. The van der Waals surface area contributed by atoms with Gasteiger partial charge in [-0.05, 0) is 25.8 Å². The maximum absolute atomic E-state index is 5.48. The van der Waals surface area contributed by atoms with Gasteiger partial charge >= 0.3 is 0 Å². The first-order chi connectivity index (χ1) is 10.3. The van der Waals surface area contributed by atoms with Gasteiger partial charge in [0, 0.05) is 18.9 Å². The van der Waals surface area contributed by atoms with Crippen molar-refractivity contribution in [2.75, 3.05) is 13.1 Å². The van der Waals surface area contributed by atoms with Crippen LogP contribution in [-0.4, -0.2) is 39.9 Å². The van der Waals surface area contributed by atoms with Crippen molar-refractivity contribution in [1.82, 2.24) is 15.0 Å². The molecule has 0 radical (unpaired) electrons. The van der Waals surface area contributed by atoms with E-state index in [0.717, 1.165) is 43.4 Å². The van der Waals surface area contributed by atoms with Gasteiger partial charge in [0.2, 0.25) is 5.89 Å². The summed E-state index contributed by atoms with van der Waals surface area (Å²) in [6.45, 7) is 6.77. The molecule has 0 bridgehead atoms. The molecule has 2 heterocycles. The Morgan fingerprint density at radius 3 is 2.76 bits per heavy atom. The van der Waals surface area contributed by atoms with Gasteiger partial charge in [-0.1, -0.05) is 30.6 Å². The second-order valence-electron chi connectivity index (χ2n) is 5.95. The fraction of sp³-hybridized carbons (Fsp3) is 0.800. The minimum atomic E-state index is 0.165. The summed E-state index contributed by atoms with van der Waals surface area (Å²) in [7, 11) is 0. The highest BCUT2D eigenvalue weighted by Gasteiger charge is 2.26. The minimum Gasteiger partial charge on any atom is -0.391 e. The number of hydrogen-bond acceptors (Lipinski definition) is 6. The van der Waals surface area contributed by atoms with Gasteiger partial charge in [-0.3, -0.25) is 4.90 Å². The van der Waals surface area contributed by atoms with Crippen molar-refractivity contribution in [2.45, 2.75) is 64.5 Å². The molecule has 1 atom stereocenters. The van der Waals surface area contributed by atoms with Gasteiger partial charge in [0.25, 0.3) is 0 Å². The lowest BCUT2D eigenvalue weighted by molar-refractivity contribution is 0.0510. The lowest BCUT2D eigenvalue weighted by Crippen LogP contribution is -2.32. The summed E-state index contributed by atoms with van der Waals surface area (Å²) in [6, 6.07) is 0. The lowest BCUT2D eigenvalue weighted by Gasteiger charge is -2.21. The van der Waals surface area contributed by atoms with Gasteiger partial charge in [-0.15, -0.1) is 0 Å². The Morgan fingerprint density at radius 1 is 1.29 bits per heavy atom. The first-order valence-electron chi connectivity index (χ1n) is 8.04. The van der Waals surface area contributed by atoms with Crippen LogP contribution in [0.5, 0.6) is 0 Å². The van der Waals surface area contributed by atoms with Gasteiger partial charge in [-0.2, -0.15) is 4.98 Å². The Balaban J connectivity index is 1.51. The average molecular weight is 292 g/mol. The molecule has 21 heavy (non-hydrogen) atoms. The molecule has 1 aromatic heterocycles. The molecule has 1 aliphatic heterocycles. The van der Waals surface area contributed by atoms with E-state index in [2.05, 4.69) is 34.0 Å². The molecule has 0 amide bonds. The Bertz CT molecular complexity index is 496. The molecule has 6 heteroatoms. The predicted octanol–water partition coefficient (Wildman–Crippen LogP) is 2.71. The zero-order chi connectivity index (χ0) is 14.7. The quantitative estimate of drug-likeness (QED) is 0.773. The van der Waals surface area contributed by atoms with Crippen LogP contribution in [-0.2, 0) is 11.4 Å². The summed E-state index contributed by atoms with van der Waals surface area (Å²) in [4.78, 5) is 12.3. The van der Waals surface area contributed by atoms with Gasteiger partial charge in [0.1, 0.15) is 6.10 Å². The van der Waals surface area contributed by atoms with Crippen LogP contribution in [0.2, 0.25) is 0 Å². The zero-order valence-electron chi connectivity index (χ0n) is 12.9. The Morgan fingerprint density at radius 2 is 2.14 bits per heavy atom. The Labute approximate surface area is 125 Å². The molecule has 1 saturated carbocycles. The highest BCUT2D eigenvalue weighted by molar-refractivity contribution is 5.85. The first-order valence-corrected chi connectivity index (χ1v) is 8.04. The predicted molar refractivity (Wildman–Crippen MR) is 79.1 cm³/mol. The number of likely N-dealkylation sites (N-methyl/N-ethyl adjacent to an activating group) is 1. The number of oxime groups is 1. The topological polar surface area (TPSA) is 63.8 Å². The van der Waals surface area contributed by atoms with Crippen molar-refractivity contribution in [3.05, 3.63) is 11.7 Å². The molecular formula is C15H24N4O2. The number of hydrogen-bond donors (Lipinski definition) is 0. The van der Waals surface area contributed by atoms with Gasteiger partial charge < -0.3 is 9.36 Å². The van der Waals surface area contributed by atoms with Crippen LogP contribution in [0.25, 0.3) is 0 Å². The van der Waals surface area contributed by atoms with Crippen molar-refractivity contribution in [3.63, 3.8) is 0 Å². The lowest BCUT2D eigenvalue weighted by atomic mass is 9.85. The van der Waals surface area contributed by atoms with Crippen LogP contribution in [0, 0.1) is 0 Å². The van der Waals surface area contributed by atoms with Gasteiger partial charge in [0.15, 0.2) is 5.82 Å². The van der Waals surface area contributed by atoms with Crippen molar-refractivity contribution >= 4 is 5.71 Å². The van der Waals surface area contributed by atoms with Crippen LogP contribution < -0.4 is 0 Å². The van der Waals surface area contributed by atoms with Crippen molar-refractivity contribution < 1.29 is 9.36 Å². The van der Waals surface area contributed by atoms with Gasteiger partial charge in [-0.25, -0.2) is 0 Å². The van der Waals surface area contributed by atoms with E-state index in [1.807, 2.05) is 0 Å². The van der Waals surface area contributed by atoms with E-state index in [4.69, 9.17) is 9.36 Å². The number of nitrogens with zero attached hydrogens (tertiary/aromatic N) is 4. The highest BCUT2D eigenvalue weighted by Crippen LogP contribution is 2.35. The van der Waals surface area contributed by atoms with Crippen molar-refractivity contribution in [3.8, 4) is 0 Å². The van der Waals surface area contributed by atoms with E-state index in [0.29, 0.717) is 12.5 Å². The molecule has 1 aliphatic carbocycles. The van der Waals surface area contributed by atoms with Crippen molar-refractivity contribution in [1.29, 1.82) is 0 Å². The standard InChI is InChI=1S/C15H24N4O2/c1-3-12-8-13(20-17-12)9-19(4-2)10-14-16-15(21-18-14)11-6-5-7-11/h11,13H,3-10H2,1-2H3. The molecule has 0 spiro atoms. The van der Waals surface area contributed by atoms with Crippen LogP contribution >= 0.6 is 0 Å². The smallest absolute Gasteiger partial charge is 0.229 e. The first kappa shape index (κ1) is 14.5. The van der Waals surface area contributed by atoms with Crippen molar-refractivity contribution in [2.24, 2.45) is 5.16 Å².